The molecule has 2 rings (SSSR count). The molecule has 1 atom stereocenters. The number of sulfonamides is 1. The fourth-order valence-corrected chi connectivity index (χ4v) is 4.78. The average Bonchev–Trinajstić information content (AvgIpc) is 2.98. The van der Waals surface area contributed by atoms with Gasteiger partial charge in [0.15, 0.2) is 0 Å². The maximum Gasteiger partial charge on any atom is 0.241 e. The first-order valence-corrected chi connectivity index (χ1v) is 9.21. The second-order valence-electron chi connectivity index (χ2n) is 5.39. The molecular formula is C13H22N2O3S2. The topological polar surface area (TPSA) is 67.4 Å². The van der Waals surface area contributed by atoms with E-state index in [1.807, 2.05) is 6.92 Å². The van der Waals surface area contributed by atoms with E-state index in [1.165, 1.54) is 11.3 Å². The Morgan fingerprint density at radius 2 is 2.30 bits per heavy atom. The van der Waals surface area contributed by atoms with Gasteiger partial charge in [0.25, 0.3) is 0 Å². The van der Waals surface area contributed by atoms with Crippen molar-refractivity contribution >= 4 is 21.4 Å². The molecule has 1 aromatic rings. The van der Waals surface area contributed by atoms with E-state index in [9.17, 15) is 8.42 Å². The Labute approximate surface area is 124 Å². The largest absolute Gasteiger partial charge is 0.379 e. The first-order chi connectivity index (χ1) is 9.45. The third-order valence-corrected chi connectivity index (χ3v) is 5.97. The lowest BCUT2D eigenvalue weighted by Crippen LogP contribution is -2.46. The van der Waals surface area contributed by atoms with Crippen molar-refractivity contribution in [3.63, 3.8) is 0 Å². The predicted molar refractivity (Wildman–Crippen MR) is 80.5 cm³/mol. The molecule has 0 radical (unpaired) electrons. The van der Waals surface area contributed by atoms with Crippen LogP contribution in [0.1, 0.15) is 31.6 Å². The minimum atomic E-state index is -3.46. The van der Waals surface area contributed by atoms with E-state index in [-0.39, 0.29) is 0 Å². The summed E-state index contributed by atoms with van der Waals surface area (Å²) in [4.78, 5) is 1.38. The summed E-state index contributed by atoms with van der Waals surface area (Å²) in [5.41, 5.74) is -0.485. The van der Waals surface area contributed by atoms with Crippen LogP contribution in [-0.4, -0.2) is 33.7 Å². The van der Waals surface area contributed by atoms with E-state index in [0.29, 0.717) is 31.1 Å². The molecule has 5 nitrogen and oxygen atoms in total. The zero-order valence-electron chi connectivity index (χ0n) is 11.9. The lowest BCUT2D eigenvalue weighted by Gasteiger charge is -2.22. The average molecular weight is 318 g/mol. The number of hydrogen-bond acceptors (Lipinski definition) is 5. The molecule has 0 aromatic carbocycles. The van der Waals surface area contributed by atoms with Crippen molar-refractivity contribution in [3.05, 3.63) is 16.3 Å². The van der Waals surface area contributed by atoms with Crippen molar-refractivity contribution in [1.82, 2.24) is 10.0 Å². The Morgan fingerprint density at radius 3 is 2.95 bits per heavy atom. The third-order valence-electron chi connectivity index (χ3n) is 3.27. The van der Waals surface area contributed by atoms with Crippen molar-refractivity contribution in [2.75, 3.05) is 19.8 Å². The standard InChI is InChI=1S/C13H22N2O3S2/c1-3-5-14-8-11-7-12(9-19-11)20(16,17)15-13(2)4-6-18-10-13/h7,9,14-15H,3-6,8,10H2,1-2H3. The molecule has 1 fully saturated rings. The number of thiophene rings is 1. The summed E-state index contributed by atoms with van der Waals surface area (Å²) in [7, 11) is -3.46. The molecule has 114 valence electrons. The Morgan fingerprint density at radius 1 is 1.50 bits per heavy atom. The first kappa shape index (κ1) is 15.9. The summed E-state index contributed by atoms with van der Waals surface area (Å²) in [6, 6.07) is 1.74. The van der Waals surface area contributed by atoms with Gasteiger partial charge < -0.3 is 10.1 Å². The Bertz CT molecular complexity index is 534. The van der Waals surface area contributed by atoms with E-state index in [2.05, 4.69) is 17.0 Å². The van der Waals surface area contributed by atoms with Crippen molar-refractivity contribution in [1.29, 1.82) is 0 Å². The molecule has 1 aliphatic rings. The zero-order valence-corrected chi connectivity index (χ0v) is 13.6. The van der Waals surface area contributed by atoms with E-state index < -0.39 is 15.6 Å². The van der Waals surface area contributed by atoms with E-state index in [0.717, 1.165) is 17.8 Å². The van der Waals surface area contributed by atoms with Gasteiger partial charge in [-0.05, 0) is 32.4 Å². The van der Waals surface area contributed by atoms with Crippen molar-refractivity contribution in [2.24, 2.45) is 0 Å². The Hall–Kier alpha value is -0.470. The predicted octanol–water partition coefficient (Wildman–Crippen LogP) is 1.70. The molecule has 1 aromatic heterocycles. The summed E-state index contributed by atoms with van der Waals surface area (Å²) >= 11 is 1.47. The van der Waals surface area contributed by atoms with Gasteiger partial charge in [-0.1, -0.05) is 6.92 Å². The van der Waals surface area contributed by atoms with Gasteiger partial charge in [-0.15, -0.1) is 11.3 Å². The fourth-order valence-electron chi connectivity index (χ4n) is 2.11. The zero-order chi connectivity index (χ0) is 14.6. The van der Waals surface area contributed by atoms with Gasteiger partial charge in [0.1, 0.15) is 0 Å². The molecule has 0 spiro atoms. The quantitative estimate of drug-likeness (QED) is 0.751. The molecule has 1 saturated heterocycles. The summed E-state index contributed by atoms with van der Waals surface area (Å²) in [5.74, 6) is 0. The molecule has 1 aliphatic heterocycles. The van der Waals surface area contributed by atoms with Crippen LogP contribution in [0.3, 0.4) is 0 Å². The van der Waals surface area contributed by atoms with Crippen molar-refractivity contribution in [3.8, 4) is 0 Å². The Kier molecular flexibility index (Phi) is 5.19. The smallest absolute Gasteiger partial charge is 0.241 e. The van der Waals surface area contributed by atoms with Gasteiger partial charge in [0.05, 0.1) is 17.0 Å². The number of rotatable bonds is 7. The molecule has 7 heteroatoms. The van der Waals surface area contributed by atoms with Gasteiger partial charge in [-0.3, -0.25) is 0 Å². The van der Waals surface area contributed by atoms with Crippen LogP contribution in [-0.2, 0) is 21.3 Å². The third kappa shape index (κ3) is 4.02. The lowest BCUT2D eigenvalue weighted by atomic mass is 10.0. The van der Waals surface area contributed by atoms with Crippen LogP contribution in [0.25, 0.3) is 0 Å². The van der Waals surface area contributed by atoms with Gasteiger partial charge >= 0.3 is 0 Å². The highest BCUT2D eigenvalue weighted by Crippen LogP contribution is 2.24. The van der Waals surface area contributed by atoms with Crippen molar-refractivity contribution < 1.29 is 13.2 Å². The molecule has 1 unspecified atom stereocenters. The van der Waals surface area contributed by atoms with Gasteiger partial charge in [0, 0.05) is 23.4 Å². The van der Waals surface area contributed by atoms with E-state index in [1.54, 1.807) is 11.4 Å². The molecule has 2 N–H and O–H groups in total. The van der Waals surface area contributed by atoms with E-state index >= 15 is 0 Å². The second kappa shape index (κ2) is 6.53. The van der Waals surface area contributed by atoms with Crippen LogP contribution in [0, 0.1) is 0 Å². The van der Waals surface area contributed by atoms with E-state index in [4.69, 9.17) is 4.74 Å². The summed E-state index contributed by atoms with van der Waals surface area (Å²) in [6.45, 7) is 6.68. The van der Waals surface area contributed by atoms with Crippen LogP contribution in [0.5, 0.6) is 0 Å². The highest BCUT2D eigenvalue weighted by molar-refractivity contribution is 7.89. The fraction of sp³-hybridized carbons (Fsp3) is 0.692. The minimum absolute atomic E-state index is 0.351. The van der Waals surface area contributed by atoms with Crippen molar-refractivity contribution in [2.45, 2.75) is 43.7 Å². The summed E-state index contributed by atoms with van der Waals surface area (Å²) in [5, 5.41) is 4.97. The number of ether oxygens (including phenoxy) is 1. The van der Waals surface area contributed by atoms with Crippen LogP contribution in [0.4, 0.5) is 0 Å². The Balaban J connectivity index is 2.02. The second-order valence-corrected chi connectivity index (χ2v) is 8.07. The highest BCUT2D eigenvalue weighted by Gasteiger charge is 2.34. The van der Waals surface area contributed by atoms with Gasteiger partial charge in [0.2, 0.25) is 10.0 Å². The number of nitrogens with one attached hydrogen (secondary N) is 2. The summed E-state index contributed by atoms with van der Waals surface area (Å²) < 4.78 is 32.8. The van der Waals surface area contributed by atoms with Crippen LogP contribution in [0.15, 0.2) is 16.3 Å². The molecule has 0 bridgehead atoms. The molecule has 2 heterocycles. The first-order valence-electron chi connectivity index (χ1n) is 6.85. The van der Waals surface area contributed by atoms with Crippen LogP contribution in [0.2, 0.25) is 0 Å². The van der Waals surface area contributed by atoms with Crippen LogP contribution < -0.4 is 10.0 Å². The normalized spacial score (nSPS) is 23.3. The molecule has 20 heavy (non-hydrogen) atoms. The van der Waals surface area contributed by atoms with Crippen LogP contribution >= 0.6 is 11.3 Å². The lowest BCUT2D eigenvalue weighted by molar-refractivity contribution is 0.178. The maximum absolute atomic E-state index is 12.4. The monoisotopic (exact) mass is 318 g/mol. The number of hydrogen-bond donors (Lipinski definition) is 2. The molecular weight excluding hydrogens is 296 g/mol. The maximum atomic E-state index is 12.4. The highest BCUT2D eigenvalue weighted by atomic mass is 32.2. The molecule has 0 saturated carbocycles. The summed E-state index contributed by atoms with van der Waals surface area (Å²) in [6.07, 6.45) is 1.78. The molecule has 0 amide bonds. The molecule has 0 aliphatic carbocycles. The minimum Gasteiger partial charge on any atom is -0.379 e. The SMILES string of the molecule is CCCNCc1cc(S(=O)(=O)NC2(C)CCOC2)cs1. The van der Waals surface area contributed by atoms with Gasteiger partial charge in [-0.25, -0.2) is 13.1 Å². The van der Waals surface area contributed by atoms with Gasteiger partial charge in [-0.2, -0.15) is 0 Å².